The maximum absolute atomic E-state index is 11.6. The van der Waals surface area contributed by atoms with Crippen LogP contribution >= 0.6 is 0 Å². The number of aliphatic carboxylic acids is 1. The van der Waals surface area contributed by atoms with E-state index in [9.17, 15) is 9.59 Å². The molecule has 152 valence electrons. The molecule has 0 heterocycles. The van der Waals surface area contributed by atoms with Gasteiger partial charge in [-0.2, -0.15) is 0 Å². The third-order valence-electron chi connectivity index (χ3n) is 7.10. The number of rotatable bonds is 3. The number of allylic oxidation sites excluding steroid dienone is 6. The van der Waals surface area contributed by atoms with E-state index in [0.717, 1.165) is 30.4 Å². The molecule has 0 aliphatic heterocycles. The van der Waals surface area contributed by atoms with Gasteiger partial charge in [0.05, 0.1) is 0 Å². The van der Waals surface area contributed by atoms with Crippen molar-refractivity contribution in [1.82, 2.24) is 0 Å². The van der Waals surface area contributed by atoms with E-state index >= 15 is 0 Å². The predicted molar refractivity (Wildman–Crippen MR) is 117 cm³/mol. The van der Waals surface area contributed by atoms with Crippen LogP contribution in [0.3, 0.4) is 0 Å². The normalized spacial score (nSPS) is 28.4. The molecule has 0 amide bonds. The average Bonchev–Trinajstić information content (AvgIpc) is 3.01. The van der Waals surface area contributed by atoms with Crippen molar-refractivity contribution in [2.24, 2.45) is 16.7 Å². The minimum absolute atomic E-state index is 0.0255. The van der Waals surface area contributed by atoms with Crippen LogP contribution in [-0.2, 0) is 9.59 Å². The molecule has 1 aromatic rings. The second-order valence-electron chi connectivity index (χ2n) is 9.00. The largest absolute Gasteiger partial charge is 0.478 e. The highest BCUT2D eigenvalue weighted by molar-refractivity contribution is 5.89. The van der Waals surface area contributed by atoms with E-state index in [4.69, 9.17) is 5.11 Å². The smallest absolute Gasteiger partial charge is 0.328 e. The first-order valence-electron chi connectivity index (χ1n) is 10.3. The lowest BCUT2D eigenvalue weighted by Gasteiger charge is -2.32. The fourth-order valence-corrected chi connectivity index (χ4v) is 4.71. The second-order valence-corrected chi connectivity index (χ2v) is 9.00. The predicted octanol–water partition coefficient (Wildman–Crippen LogP) is 6.00. The van der Waals surface area contributed by atoms with Crippen molar-refractivity contribution in [3.8, 4) is 0 Å². The number of Topliss-reactive ketones (excluding diaryl/α,β-unsaturated/α-hetero) is 1. The molecule has 2 bridgehead atoms. The molecule has 1 aromatic carbocycles. The maximum atomic E-state index is 11.6. The van der Waals surface area contributed by atoms with Crippen LogP contribution in [0.15, 0.2) is 71.9 Å². The molecule has 4 rings (SSSR count). The van der Waals surface area contributed by atoms with Crippen molar-refractivity contribution in [1.29, 1.82) is 0 Å². The third-order valence-corrected chi connectivity index (χ3v) is 7.10. The van der Waals surface area contributed by atoms with Gasteiger partial charge in [-0.25, -0.2) is 4.79 Å². The van der Waals surface area contributed by atoms with Crippen LogP contribution in [0.5, 0.6) is 0 Å². The summed E-state index contributed by atoms with van der Waals surface area (Å²) in [7, 11) is 0. The fraction of sp³-hybridized carbons (Fsp3) is 0.385. The van der Waals surface area contributed by atoms with E-state index < -0.39 is 5.97 Å². The van der Waals surface area contributed by atoms with Gasteiger partial charge in [-0.15, -0.1) is 0 Å². The van der Waals surface area contributed by atoms with Gasteiger partial charge in [0.15, 0.2) is 0 Å². The minimum Gasteiger partial charge on any atom is -0.478 e. The van der Waals surface area contributed by atoms with E-state index in [1.165, 1.54) is 18.1 Å². The Morgan fingerprint density at radius 3 is 2.41 bits per heavy atom. The van der Waals surface area contributed by atoms with Gasteiger partial charge >= 0.3 is 5.97 Å². The molecule has 0 radical (unpaired) electrons. The molecular formula is C26H30O3. The first-order valence-corrected chi connectivity index (χ1v) is 10.3. The number of carbonyl (C=O) groups excluding carboxylic acids is 1. The Kier molecular flexibility index (Phi) is 6.07. The van der Waals surface area contributed by atoms with Crippen LogP contribution in [-0.4, -0.2) is 16.9 Å². The number of carboxylic acids is 1. The Bertz CT molecular complexity index is 899. The minimum atomic E-state index is -0.918. The lowest BCUT2D eigenvalue weighted by molar-refractivity contribution is -0.131. The van der Waals surface area contributed by atoms with E-state index in [1.807, 2.05) is 48.6 Å². The summed E-state index contributed by atoms with van der Waals surface area (Å²) >= 11 is 0. The monoisotopic (exact) mass is 390 g/mol. The first-order chi connectivity index (χ1) is 13.7. The summed E-state index contributed by atoms with van der Waals surface area (Å²) in [6.07, 6.45) is 14.9. The first kappa shape index (κ1) is 21.0. The summed E-state index contributed by atoms with van der Waals surface area (Å²) in [6.45, 7) is 6.67. The number of hydrogen-bond donors (Lipinski definition) is 1. The Hall–Kier alpha value is -2.68. The summed E-state index contributed by atoms with van der Waals surface area (Å²) in [6, 6.07) is 10.1. The Balaban J connectivity index is 0.000000186. The van der Waals surface area contributed by atoms with Crippen molar-refractivity contribution < 1.29 is 14.7 Å². The van der Waals surface area contributed by atoms with Crippen molar-refractivity contribution in [2.45, 2.75) is 46.5 Å². The van der Waals surface area contributed by atoms with E-state index in [-0.39, 0.29) is 10.8 Å². The van der Waals surface area contributed by atoms with Crippen LogP contribution in [0.4, 0.5) is 0 Å². The molecule has 2 saturated carbocycles. The quantitative estimate of drug-likeness (QED) is 0.644. The van der Waals surface area contributed by atoms with Gasteiger partial charge in [0, 0.05) is 17.9 Å². The molecule has 1 N–H and O–H groups in total. The molecule has 0 spiro atoms. The molecule has 2 unspecified atom stereocenters. The molecule has 0 aromatic heterocycles. The summed E-state index contributed by atoms with van der Waals surface area (Å²) in [5.41, 5.74) is 3.64. The van der Waals surface area contributed by atoms with Gasteiger partial charge in [-0.05, 0) is 47.3 Å². The topological polar surface area (TPSA) is 54.4 Å². The molecule has 3 aliphatic carbocycles. The van der Waals surface area contributed by atoms with Crippen LogP contribution in [0.1, 0.15) is 52.0 Å². The molecule has 2 atom stereocenters. The van der Waals surface area contributed by atoms with Crippen LogP contribution in [0, 0.1) is 16.7 Å². The van der Waals surface area contributed by atoms with Gasteiger partial charge < -0.3 is 5.11 Å². The van der Waals surface area contributed by atoms with Crippen molar-refractivity contribution in [2.75, 3.05) is 0 Å². The van der Waals surface area contributed by atoms with Gasteiger partial charge in [0.2, 0.25) is 0 Å². The van der Waals surface area contributed by atoms with E-state index in [2.05, 4.69) is 26.8 Å². The number of hydrogen-bond acceptors (Lipinski definition) is 2. The second kappa shape index (κ2) is 8.36. The average molecular weight is 391 g/mol. The number of fused-ring (bicyclic) bond motifs is 2. The molecule has 3 aliphatic rings. The SMILES string of the molecule is CC12CCC(CC1=O)C2(C)C.O=C(O)C=CC1=CC=CC(=Cc2ccccc2)C1. The highest BCUT2D eigenvalue weighted by atomic mass is 16.4. The van der Waals surface area contributed by atoms with Gasteiger partial charge in [-0.3, -0.25) is 4.79 Å². The molecule has 29 heavy (non-hydrogen) atoms. The standard InChI is InChI=1S/C16H14O2.C10H16O/c17-16(18)10-9-14-7-4-8-15(12-14)11-13-5-2-1-3-6-13;1-9(2)7-4-5-10(9,3)8(11)6-7/h1-11H,12H2,(H,17,18);7H,4-6H2,1-3H3. The fourth-order valence-electron chi connectivity index (χ4n) is 4.71. The van der Waals surface area contributed by atoms with Crippen LogP contribution in [0.25, 0.3) is 6.08 Å². The van der Waals surface area contributed by atoms with Gasteiger partial charge in [0.1, 0.15) is 5.78 Å². The van der Waals surface area contributed by atoms with Gasteiger partial charge in [0.25, 0.3) is 0 Å². The van der Waals surface area contributed by atoms with Crippen molar-refractivity contribution in [3.63, 3.8) is 0 Å². The van der Waals surface area contributed by atoms with E-state index in [0.29, 0.717) is 11.7 Å². The number of carboxylic acid groups (broad SMARTS) is 1. The summed E-state index contributed by atoms with van der Waals surface area (Å²) in [5, 5.41) is 8.60. The number of benzene rings is 1. The highest BCUT2D eigenvalue weighted by Gasteiger charge is 2.61. The molecule has 0 saturated heterocycles. The highest BCUT2D eigenvalue weighted by Crippen LogP contribution is 2.63. The molecule has 3 heteroatoms. The van der Waals surface area contributed by atoms with Crippen molar-refractivity contribution in [3.05, 3.63) is 77.4 Å². The Morgan fingerprint density at radius 1 is 1.17 bits per heavy atom. The van der Waals surface area contributed by atoms with Gasteiger partial charge in [-0.1, -0.05) is 81.5 Å². The zero-order valence-corrected chi connectivity index (χ0v) is 17.5. The maximum Gasteiger partial charge on any atom is 0.328 e. The summed E-state index contributed by atoms with van der Waals surface area (Å²) < 4.78 is 0. The van der Waals surface area contributed by atoms with E-state index in [1.54, 1.807) is 6.08 Å². The van der Waals surface area contributed by atoms with Crippen LogP contribution < -0.4 is 0 Å². The Morgan fingerprint density at radius 2 is 1.90 bits per heavy atom. The number of ketones is 1. The lowest BCUT2D eigenvalue weighted by atomic mass is 9.70. The lowest BCUT2D eigenvalue weighted by Crippen LogP contribution is -2.32. The molecule has 3 nitrogen and oxygen atoms in total. The van der Waals surface area contributed by atoms with Crippen LogP contribution in [0.2, 0.25) is 0 Å². The summed E-state index contributed by atoms with van der Waals surface area (Å²) in [5.74, 6) is 0.276. The third kappa shape index (κ3) is 4.50. The molecular weight excluding hydrogens is 360 g/mol. The molecule has 2 fully saturated rings. The zero-order valence-electron chi connectivity index (χ0n) is 17.5. The zero-order chi connectivity index (χ0) is 21.1. The number of carbonyl (C=O) groups is 2. The summed E-state index contributed by atoms with van der Waals surface area (Å²) in [4.78, 5) is 22.0. The van der Waals surface area contributed by atoms with Crippen molar-refractivity contribution >= 4 is 17.8 Å². The Labute approximate surface area is 173 Å².